The molecule has 1 aromatic heterocycles. The van der Waals surface area contributed by atoms with Gasteiger partial charge in [0.15, 0.2) is 0 Å². The summed E-state index contributed by atoms with van der Waals surface area (Å²) in [5.41, 5.74) is 0.521. The number of hydrogen-bond donors (Lipinski definition) is 1. The van der Waals surface area contributed by atoms with Crippen molar-refractivity contribution in [2.45, 2.75) is 52.1 Å². The Morgan fingerprint density at radius 2 is 2.04 bits per heavy atom. The van der Waals surface area contributed by atoms with Crippen molar-refractivity contribution in [1.29, 1.82) is 0 Å². The largest absolute Gasteiger partial charge is 0.352 e. The molecule has 0 unspecified atom stereocenters. The van der Waals surface area contributed by atoms with Gasteiger partial charge in [0, 0.05) is 6.04 Å². The summed E-state index contributed by atoms with van der Waals surface area (Å²) in [5.74, 6) is 0.965. The summed E-state index contributed by atoms with van der Waals surface area (Å²) >= 11 is 0. The van der Waals surface area contributed by atoms with E-state index in [4.69, 9.17) is 0 Å². The number of nitrogens with zero attached hydrogens (tertiary/aromatic N) is 2. The van der Waals surface area contributed by atoms with Gasteiger partial charge in [0.05, 0.1) is 10.9 Å². The van der Waals surface area contributed by atoms with Gasteiger partial charge in [0.1, 0.15) is 12.4 Å². The van der Waals surface area contributed by atoms with Crippen LogP contribution in [0.5, 0.6) is 0 Å². The fourth-order valence-electron chi connectivity index (χ4n) is 3.39. The highest BCUT2D eigenvalue weighted by atomic mass is 16.2. The predicted molar refractivity (Wildman–Crippen MR) is 90.3 cm³/mol. The minimum absolute atomic E-state index is 0.0335. The molecule has 122 valence electrons. The van der Waals surface area contributed by atoms with Crippen molar-refractivity contribution in [3.63, 3.8) is 0 Å². The highest BCUT2D eigenvalue weighted by molar-refractivity contribution is 5.79. The molecule has 1 amide bonds. The number of carbonyl (C=O) groups is 1. The van der Waals surface area contributed by atoms with E-state index in [2.05, 4.69) is 17.2 Å². The van der Waals surface area contributed by atoms with Crippen molar-refractivity contribution in [3.8, 4) is 0 Å². The van der Waals surface area contributed by atoms with Crippen LogP contribution in [0, 0.1) is 12.8 Å². The smallest absolute Gasteiger partial charge is 0.261 e. The number of rotatable bonds is 3. The SMILES string of the molecule is Cc1nc2ccccc2c(=O)n1CC(=O)N[C@H]1CCCC[C@H]1C. The molecule has 1 aromatic carbocycles. The lowest BCUT2D eigenvalue weighted by molar-refractivity contribution is -0.123. The summed E-state index contributed by atoms with van der Waals surface area (Å²) in [6.07, 6.45) is 4.57. The summed E-state index contributed by atoms with van der Waals surface area (Å²) in [5, 5.41) is 3.65. The van der Waals surface area contributed by atoms with Crippen molar-refractivity contribution in [2.24, 2.45) is 5.92 Å². The topological polar surface area (TPSA) is 64.0 Å². The van der Waals surface area contributed by atoms with E-state index in [-0.39, 0.29) is 24.1 Å². The molecule has 0 spiro atoms. The first-order chi connectivity index (χ1) is 11.1. The Hall–Kier alpha value is -2.17. The molecule has 1 N–H and O–H groups in total. The van der Waals surface area contributed by atoms with Crippen LogP contribution in [0.25, 0.3) is 10.9 Å². The molecule has 0 saturated heterocycles. The van der Waals surface area contributed by atoms with Crippen LogP contribution >= 0.6 is 0 Å². The Kier molecular flexibility index (Phi) is 4.46. The molecule has 1 aliphatic carbocycles. The number of nitrogens with one attached hydrogen (secondary N) is 1. The fourth-order valence-corrected chi connectivity index (χ4v) is 3.39. The van der Waals surface area contributed by atoms with Gasteiger partial charge in [0.25, 0.3) is 5.56 Å². The highest BCUT2D eigenvalue weighted by Gasteiger charge is 2.23. The molecule has 23 heavy (non-hydrogen) atoms. The number of aromatic nitrogens is 2. The van der Waals surface area contributed by atoms with Crippen LogP contribution < -0.4 is 10.9 Å². The molecule has 0 bridgehead atoms. The number of hydrogen-bond acceptors (Lipinski definition) is 3. The van der Waals surface area contributed by atoms with Gasteiger partial charge < -0.3 is 5.32 Å². The zero-order chi connectivity index (χ0) is 16.4. The molecular formula is C18H23N3O2. The number of para-hydroxylation sites is 1. The van der Waals surface area contributed by atoms with E-state index in [0.717, 1.165) is 19.3 Å². The quantitative estimate of drug-likeness (QED) is 0.946. The first-order valence-corrected chi connectivity index (χ1v) is 8.32. The maximum atomic E-state index is 12.6. The minimum atomic E-state index is -0.153. The van der Waals surface area contributed by atoms with Crippen molar-refractivity contribution in [3.05, 3.63) is 40.4 Å². The lowest BCUT2D eigenvalue weighted by atomic mass is 9.86. The van der Waals surface area contributed by atoms with Crippen LogP contribution in [-0.4, -0.2) is 21.5 Å². The highest BCUT2D eigenvalue weighted by Crippen LogP contribution is 2.23. The van der Waals surface area contributed by atoms with Crippen molar-refractivity contribution >= 4 is 16.8 Å². The molecule has 0 aliphatic heterocycles. The molecule has 3 rings (SSSR count). The second kappa shape index (κ2) is 6.52. The van der Waals surface area contributed by atoms with Crippen LogP contribution in [-0.2, 0) is 11.3 Å². The number of carbonyl (C=O) groups excluding carboxylic acids is 1. The Bertz CT molecular complexity index is 781. The lowest BCUT2D eigenvalue weighted by Gasteiger charge is -2.29. The summed E-state index contributed by atoms with van der Waals surface area (Å²) in [6, 6.07) is 7.46. The zero-order valence-electron chi connectivity index (χ0n) is 13.7. The Morgan fingerprint density at radius 1 is 1.30 bits per heavy atom. The lowest BCUT2D eigenvalue weighted by Crippen LogP contribution is -2.43. The van der Waals surface area contributed by atoms with E-state index < -0.39 is 0 Å². The second-order valence-corrected chi connectivity index (χ2v) is 6.50. The molecule has 0 radical (unpaired) electrons. The van der Waals surface area contributed by atoms with Gasteiger partial charge in [-0.2, -0.15) is 0 Å². The maximum absolute atomic E-state index is 12.6. The van der Waals surface area contributed by atoms with E-state index in [9.17, 15) is 9.59 Å². The van der Waals surface area contributed by atoms with Gasteiger partial charge >= 0.3 is 0 Å². The van der Waals surface area contributed by atoms with E-state index in [1.807, 2.05) is 18.2 Å². The number of benzene rings is 1. The Balaban J connectivity index is 1.81. The van der Waals surface area contributed by atoms with Gasteiger partial charge in [0.2, 0.25) is 5.91 Å². The third-order valence-electron chi connectivity index (χ3n) is 4.81. The van der Waals surface area contributed by atoms with E-state index in [1.54, 1.807) is 13.0 Å². The molecule has 2 aromatic rings. The number of fused-ring (bicyclic) bond motifs is 1. The molecule has 1 fully saturated rings. The number of aryl methyl sites for hydroxylation is 1. The first kappa shape index (κ1) is 15.7. The summed E-state index contributed by atoms with van der Waals surface area (Å²) in [4.78, 5) is 29.4. The first-order valence-electron chi connectivity index (χ1n) is 8.32. The molecule has 1 saturated carbocycles. The average molecular weight is 313 g/mol. The van der Waals surface area contributed by atoms with Crippen LogP contribution in [0.3, 0.4) is 0 Å². The van der Waals surface area contributed by atoms with Crippen molar-refractivity contribution < 1.29 is 4.79 Å². The van der Waals surface area contributed by atoms with E-state index >= 15 is 0 Å². The average Bonchev–Trinajstić information content (AvgIpc) is 2.54. The van der Waals surface area contributed by atoms with Crippen molar-refractivity contribution in [1.82, 2.24) is 14.9 Å². The normalized spacial score (nSPS) is 21.3. The number of amides is 1. The van der Waals surface area contributed by atoms with Gasteiger partial charge in [-0.1, -0.05) is 31.9 Å². The Morgan fingerprint density at radius 3 is 2.83 bits per heavy atom. The van der Waals surface area contributed by atoms with E-state index in [0.29, 0.717) is 22.6 Å². The van der Waals surface area contributed by atoms with E-state index in [1.165, 1.54) is 11.0 Å². The standard InChI is InChI=1S/C18H23N3O2/c1-12-7-3-5-9-15(12)20-17(22)11-21-13(2)19-16-10-6-4-8-14(16)18(21)23/h4,6,8,10,12,15H,3,5,7,9,11H2,1-2H3,(H,20,22)/t12-,15+/m1/s1. The van der Waals surface area contributed by atoms with Gasteiger partial charge in [-0.3, -0.25) is 14.2 Å². The second-order valence-electron chi connectivity index (χ2n) is 6.50. The van der Waals surface area contributed by atoms with Gasteiger partial charge in [-0.25, -0.2) is 4.98 Å². The molecule has 5 heteroatoms. The van der Waals surface area contributed by atoms with Crippen LogP contribution in [0.2, 0.25) is 0 Å². The zero-order valence-corrected chi connectivity index (χ0v) is 13.7. The Labute approximate surface area is 135 Å². The van der Waals surface area contributed by atoms with Crippen molar-refractivity contribution in [2.75, 3.05) is 0 Å². The molecule has 1 aliphatic rings. The molecular weight excluding hydrogens is 290 g/mol. The fraction of sp³-hybridized carbons (Fsp3) is 0.500. The van der Waals surface area contributed by atoms with Gasteiger partial charge in [-0.15, -0.1) is 0 Å². The summed E-state index contributed by atoms with van der Waals surface area (Å²) in [6.45, 7) is 3.98. The monoisotopic (exact) mass is 313 g/mol. The molecule has 1 heterocycles. The molecule has 5 nitrogen and oxygen atoms in total. The summed E-state index contributed by atoms with van der Waals surface area (Å²) in [7, 11) is 0. The van der Waals surface area contributed by atoms with Crippen LogP contribution in [0.15, 0.2) is 29.1 Å². The van der Waals surface area contributed by atoms with Gasteiger partial charge in [-0.05, 0) is 37.8 Å². The molecule has 2 atom stereocenters. The minimum Gasteiger partial charge on any atom is -0.352 e. The summed E-state index contributed by atoms with van der Waals surface area (Å²) < 4.78 is 1.46. The third-order valence-corrected chi connectivity index (χ3v) is 4.81. The third kappa shape index (κ3) is 3.28. The maximum Gasteiger partial charge on any atom is 0.261 e. The van der Waals surface area contributed by atoms with Crippen LogP contribution in [0.1, 0.15) is 38.4 Å². The van der Waals surface area contributed by atoms with Crippen LogP contribution in [0.4, 0.5) is 0 Å². The predicted octanol–water partition coefficient (Wildman–Crippen LogP) is 2.40.